The first-order valence-electron chi connectivity index (χ1n) is 5.28. The Morgan fingerprint density at radius 3 is 2.20 bits per heavy atom. The Bertz CT molecular complexity index is 359. The zero-order valence-corrected chi connectivity index (χ0v) is 10.5. The fourth-order valence-corrected chi connectivity index (χ4v) is 1.67. The number of aryl methyl sites for hydroxylation is 2. The SMILES string of the molecule is CCC(C)C(=O)c1cc(C)c(Cl)c(C)c1. The second kappa shape index (κ2) is 4.80. The standard InChI is InChI=1S/C13H17ClO/c1-5-8(2)13(15)11-6-9(3)12(14)10(4)7-11/h6-8H,5H2,1-4H3. The fraction of sp³-hybridized carbons (Fsp3) is 0.462. The van der Waals surface area contributed by atoms with Crippen molar-refractivity contribution in [2.24, 2.45) is 5.92 Å². The maximum atomic E-state index is 11.9. The van der Waals surface area contributed by atoms with Crippen LogP contribution in [0.3, 0.4) is 0 Å². The van der Waals surface area contributed by atoms with Gasteiger partial charge in [0.05, 0.1) is 0 Å². The maximum absolute atomic E-state index is 11.9. The third-order valence-electron chi connectivity index (χ3n) is 2.78. The lowest BCUT2D eigenvalue weighted by Crippen LogP contribution is -2.10. The first-order chi connectivity index (χ1) is 6.97. The van der Waals surface area contributed by atoms with Crippen LogP contribution in [0.5, 0.6) is 0 Å². The van der Waals surface area contributed by atoms with Gasteiger partial charge in [0.25, 0.3) is 0 Å². The van der Waals surface area contributed by atoms with Crippen LogP contribution in [0, 0.1) is 19.8 Å². The number of carbonyl (C=O) groups excluding carboxylic acids is 1. The highest BCUT2D eigenvalue weighted by molar-refractivity contribution is 6.32. The van der Waals surface area contributed by atoms with Gasteiger partial charge >= 0.3 is 0 Å². The Morgan fingerprint density at radius 2 is 1.80 bits per heavy atom. The highest BCUT2D eigenvalue weighted by Gasteiger charge is 2.14. The average molecular weight is 225 g/mol. The molecule has 1 aromatic carbocycles. The minimum Gasteiger partial charge on any atom is -0.294 e. The van der Waals surface area contributed by atoms with Crippen LogP contribution >= 0.6 is 11.6 Å². The molecule has 82 valence electrons. The largest absolute Gasteiger partial charge is 0.294 e. The van der Waals surface area contributed by atoms with E-state index in [1.165, 1.54) is 0 Å². The van der Waals surface area contributed by atoms with Crippen LogP contribution in [-0.4, -0.2) is 5.78 Å². The maximum Gasteiger partial charge on any atom is 0.165 e. The van der Waals surface area contributed by atoms with Crippen LogP contribution in [0.15, 0.2) is 12.1 Å². The molecule has 0 saturated carbocycles. The van der Waals surface area contributed by atoms with Gasteiger partial charge in [0.15, 0.2) is 5.78 Å². The Morgan fingerprint density at radius 1 is 1.33 bits per heavy atom. The summed E-state index contributed by atoms with van der Waals surface area (Å²) in [6.07, 6.45) is 0.875. The number of carbonyl (C=O) groups is 1. The van der Waals surface area contributed by atoms with Crippen LogP contribution in [-0.2, 0) is 0 Å². The zero-order chi connectivity index (χ0) is 11.6. The van der Waals surface area contributed by atoms with Crippen molar-refractivity contribution in [3.8, 4) is 0 Å². The van der Waals surface area contributed by atoms with Crippen LogP contribution in [0.2, 0.25) is 5.02 Å². The summed E-state index contributed by atoms with van der Waals surface area (Å²) in [5.41, 5.74) is 2.73. The van der Waals surface area contributed by atoms with E-state index in [9.17, 15) is 4.79 Å². The molecule has 0 aliphatic heterocycles. The molecule has 0 N–H and O–H groups in total. The summed E-state index contributed by atoms with van der Waals surface area (Å²) >= 11 is 6.06. The lowest BCUT2D eigenvalue weighted by molar-refractivity contribution is 0.0927. The van der Waals surface area contributed by atoms with E-state index in [-0.39, 0.29) is 11.7 Å². The van der Waals surface area contributed by atoms with Crippen LogP contribution in [0.4, 0.5) is 0 Å². The van der Waals surface area contributed by atoms with E-state index in [0.717, 1.165) is 28.1 Å². The fourth-order valence-electron chi connectivity index (χ4n) is 1.56. The Balaban J connectivity index is 3.12. The van der Waals surface area contributed by atoms with Gasteiger partial charge in [-0.2, -0.15) is 0 Å². The van der Waals surface area contributed by atoms with Gasteiger partial charge in [-0.3, -0.25) is 4.79 Å². The van der Waals surface area contributed by atoms with Gasteiger partial charge in [-0.1, -0.05) is 25.4 Å². The summed E-state index contributed by atoms with van der Waals surface area (Å²) in [6.45, 7) is 7.85. The predicted octanol–water partition coefficient (Wildman–Crippen LogP) is 4.19. The molecule has 1 nitrogen and oxygen atoms in total. The average Bonchev–Trinajstić information content (AvgIpc) is 2.23. The Labute approximate surface area is 96.5 Å². The highest BCUT2D eigenvalue weighted by atomic mass is 35.5. The molecule has 0 aromatic heterocycles. The van der Waals surface area contributed by atoms with E-state index >= 15 is 0 Å². The molecule has 1 rings (SSSR count). The van der Waals surface area contributed by atoms with E-state index in [2.05, 4.69) is 0 Å². The van der Waals surface area contributed by atoms with E-state index in [1.807, 2.05) is 39.8 Å². The molecule has 1 aromatic rings. The Hall–Kier alpha value is -0.820. The summed E-state index contributed by atoms with van der Waals surface area (Å²) in [5.74, 6) is 0.297. The molecule has 0 fully saturated rings. The summed E-state index contributed by atoms with van der Waals surface area (Å²) in [6, 6.07) is 3.76. The number of rotatable bonds is 3. The van der Waals surface area contributed by atoms with Gasteiger partial charge in [0.1, 0.15) is 0 Å². The van der Waals surface area contributed by atoms with Gasteiger partial charge in [-0.05, 0) is 43.5 Å². The van der Waals surface area contributed by atoms with Gasteiger partial charge in [-0.25, -0.2) is 0 Å². The zero-order valence-electron chi connectivity index (χ0n) is 9.73. The molecule has 0 saturated heterocycles. The number of ketones is 1. The second-order valence-corrected chi connectivity index (χ2v) is 4.48. The van der Waals surface area contributed by atoms with E-state index in [0.29, 0.717) is 0 Å². The number of hydrogen-bond donors (Lipinski definition) is 0. The third kappa shape index (κ3) is 2.60. The van der Waals surface area contributed by atoms with Gasteiger partial charge in [-0.15, -0.1) is 0 Å². The van der Waals surface area contributed by atoms with Crippen molar-refractivity contribution in [3.05, 3.63) is 33.8 Å². The molecule has 2 heteroatoms. The van der Waals surface area contributed by atoms with Crippen LogP contribution in [0.1, 0.15) is 41.8 Å². The lowest BCUT2D eigenvalue weighted by atomic mass is 9.95. The number of Topliss-reactive ketones (excluding diaryl/α,β-unsaturated/α-hetero) is 1. The molecule has 1 atom stereocenters. The van der Waals surface area contributed by atoms with Crippen molar-refractivity contribution in [2.75, 3.05) is 0 Å². The van der Waals surface area contributed by atoms with Crippen molar-refractivity contribution in [1.29, 1.82) is 0 Å². The molecule has 0 aliphatic rings. The quantitative estimate of drug-likeness (QED) is 0.704. The van der Waals surface area contributed by atoms with Crippen molar-refractivity contribution in [1.82, 2.24) is 0 Å². The molecule has 1 unspecified atom stereocenters. The molecule has 0 bridgehead atoms. The monoisotopic (exact) mass is 224 g/mol. The highest BCUT2D eigenvalue weighted by Crippen LogP contribution is 2.23. The number of hydrogen-bond acceptors (Lipinski definition) is 1. The molecular weight excluding hydrogens is 208 g/mol. The van der Waals surface area contributed by atoms with Gasteiger partial charge in [0, 0.05) is 16.5 Å². The van der Waals surface area contributed by atoms with Crippen molar-refractivity contribution < 1.29 is 4.79 Å². The summed E-state index contributed by atoms with van der Waals surface area (Å²) in [4.78, 5) is 11.9. The predicted molar refractivity (Wildman–Crippen MR) is 64.7 cm³/mol. The third-order valence-corrected chi connectivity index (χ3v) is 3.38. The van der Waals surface area contributed by atoms with E-state index < -0.39 is 0 Å². The topological polar surface area (TPSA) is 17.1 Å². The molecular formula is C13H17ClO. The molecule has 0 amide bonds. The normalized spacial score (nSPS) is 12.6. The van der Waals surface area contributed by atoms with E-state index in [1.54, 1.807) is 0 Å². The van der Waals surface area contributed by atoms with Gasteiger partial charge < -0.3 is 0 Å². The first kappa shape index (κ1) is 12.3. The van der Waals surface area contributed by atoms with Gasteiger partial charge in [0.2, 0.25) is 0 Å². The van der Waals surface area contributed by atoms with Crippen molar-refractivity contribution in [2.45, 2.75) is 34.1 Å². The molecule has 0 heterocycles. The molecule has 0 aliphatic carbocycles. The summed E-state index contributed by atoms with van der Waals surface area (Å²) < 4.78 is 0. The Kier molecular flexibility index (Phi) is 3.92. The minimum atomic E-state index is 0.0879. The lowest BCUT2D eigenvalue weighted by Gasteiger charge is -2.10. The smallest absolute Gasteiger partial charge is 0.165 e. The first-order valence-corrected chi connectivity index (χ1v) is 5.66. The summed E-state index contributed by atoms with van der Waals surface area (Å²) in [5, 5.41) is 0.760. The molecule has 0 spiro atoms. The van der Waals surface area contributed by atoms with Crippen molar-refractivity contribution >= 4 is 17.4 Å². The van der Waals surface area contributed by atoms with Crippen molar-refractivity contribution in [3.63, 3.8) is 0 Å². The molecule has 0 radical (unpaired) electrons. The number of halogens is 1. The van der Waals surface area contributed by atoms with E-state index in [4.69, 9.17) is 11.6 Å². The molecule has 15 heavy (non-hydrogen) atoms. The van der Waals surface area contributed by atoms with Crippen LogP contribution < -0.4 is 0 Å². The summed E-state index contributed by atoms with van der Waals surface area (Å²) in [7, 11) is 0. The van der Waals surface area contributed by atoms with Crippen LogP contribution in [0.25, 0.3) is 0 Å². The second-order valence-electron chi connectivity index (χ2n) is 4.10. The number of benzene rings is 1. The minimum absolute atomic E-state index is 0.0879.